The molecule has 0 aliphatic carbocycles. The summed E-state index contributed by atoms with van der Waals surface area (Å²) in [5, 5.41) is 8.84. The average molecular weight is 284 g/mol. The van der Waals surface area contributed by atoms with Crippen molar-refractivity contribution in [1.82, 2.24) is 0 Å². The summed E-state index contributed by atoms with van der Waals surface area (Å²) in [7, 11) is 1.44. The second-order valence-electron chi connectivity index (χ2n) is 2.86. The van der Waals surface area contributed by atoms with Crippen molar-refractivity contribution in [1.29, 1.82) is 5.26 Å². The molecular weight excluding hydrogens is 274 g/mol. The van der Waals surface area contributed by atoms with Gasteiger partial charge >= 0.3 is 5.97 Å². The van der Waals surface area contributed by atoms with Crippen LogP contribution in [0, 0.1) is 11.3 Å². The number of carbonyl (C=O) groups excluding carboxylic acids is 1. The van der Waals surface area contributed by atoms with Crippen molar-refractivity contribution in [2.75, 3.05) is 13.7 Å². The molecule has 1 aromatic rings. The largest absolute Gasteiger partial charge is 0.495 e. The number of benzene rings is 1. The minimum atomic E-state index is -0.447. The fourth-order valence-electron chi connectivity index (χ4n) is 1.17. The fraction of sp³-hybridized carbons (Fsp3) is 0.273. The smallest absolute Gasteiger partial charge is 0.339 e. The van der Waals surface area contributed by atoms with Crippen LogP contribution in [0.2, 0.25) is 0 Å². The van der Waals surface area contributed by atoms with Gasteiger partial charge in [0.1, 0.15) is 11.8 Å². The van der Waals surface area contributed by atoms with Crippen molar-refractivity contribution in [3.63, 3.8) is 0 Å². The van der Waals surface area contributed by atoms with E-state index in [0.29, 0.717) is 28.0 Å². The number of esters is 1. The van der Waals surface area contributed by atoms with Gasteiger partial charge in [-0.25, -0.2) is 4.79 Å². The van der Waals surface area contributed by atoms with Crippen molar-refractivity contribution in [3.05, 3.63) is 27.7 Å². The third-order valence-corrected chi connectivity index (χ3v) is 2.56. The van der Waals surface area contributed by atoms with Crippen LogP contribution in [0.25, 0.3) is 0 Å². The van der Waals surface area contributed by atoms with E-state index >= 15 is 0 Å². The highest BCUT2D eigenvalue weighted by atomic mass is 79.9. The fourth-order valence-corrected chi connectivity index (χ4v) is 1.68. The van der Waals surface area contributed by atoms with Crippen molar-refractivity contribution in [3.8, 4) is 11.8 Å². The highest BCUT2D eigenvalue weighted by molar-refractivity contribution is 9.10. The monoisotopic (exact) mass is 283 g/mol. The van der Waals surface area contributed by atoms with Crippen LogP contribution in [0.4, 0.5) is 0 Å². The van der Waals surface area contributed by atoms with Crippen molar-refractivity contribution < 1.29 is 14.3 Å². The number of methoxy groups -OCH3 is 1. The third kappa shape index (κ3) is 2.52. The van der Waals surface area contributed by atoms with Crippen LogP contribution in [0.1, 0.15) is 22.8 Å². The Morgan fingerprint density at radius 2 is 2.25 bits per heavy atom. The van der Waals surface area contributed by atoms with Gasteiger partial charge in [0.2, 0.25) is 0 Å². The van der Waals surface area contributed by atoms with Gasteiger partial charge in [0, 0.05) is 4.47 Å². The summed E-state index contributed by atoms with van der Waals surface area (Å²) in [6.45, 7) is 2.03. The van der Waals surface area contributed by atoms with Crippen molar-refractivity contribution in [2.24, 2.45) is 0 Å². The highest BCUT2D eigenvalue weighted by Crippen LogP contribution is 2.27. The summed E-state index contributed by atoms with van der Waals surface area (Å²) in [4.78, 5) is 11.5. The number of hydrogen-bond acceptors (Lipinski definition) is 4. The summed E-state index contributed by atoms with van der Waals surface area (Å²) in [6.07, 6.45) is 0. The lowest BCUT2D eigenvalue weighted by molar-refractivity contribution is 0.0525. The molecule has 0 spiro atoms. The molecule has 1 aromatic carbocycles. The summed E-state index contributed by atoms with van der Waals surface area (Å²) in [5.74, 6) is -0.0917. The van der Waals surface area contributed by atoms with E-state index in [-0.39, 0.29) is 0 Å². The van der Waals surface area contributed by atoms with Crippen molar-refractivity contribution in [2.45, 2.75) is 6.92 Å². The van der Waals surface area contributed by atoms with E-state index in [2.05, 4.69) is 15.9 Å². The van der Waals surface area contributed by atoms with Crippen LogP contribution < -0.4 is 4.74 Å². The lowest BCUT2D eigenvalue weighted by Crippen LogP contribution is -2.06. The number of nitrogens with zero attached hydrogens (tertiary/aromatic N) is 1. The Bertz CT molecular complexity index is 451. The molecule has 0 fully saturated rings. The minimum Gasteiger partial charge on any atom is -0.495 e. The Morgan fingerprint density at radius 3 is 2.75 bits per heavy atom. The molecule has 16 heavy (non-hydrogen) atoms. The van der Waals surface area contributed by atoms with Gasteiger partial charge in [-0.05, 0) is 35.0 Å². The Labute approximate surface area is 102 Å². The normalized spacial score (nSPS) is 9.38. The van der Waals surface area contributed by atoms with E-state index in [4.69, 9.17) is 14.7 Å². The molecule has 0 unspecified atom stereocenters. The molecule has 0 amide bonds. The molecule has 0 aromatic heterocycles. The van der Waals surface area contributed by atoms with Gasteiger partial charge in [0.05, 0.1) is 24.8 Å². The standard InChI is InChI=1S/C11H10BrNO3/c1-3-16-11(14)8-5-10(15-2)7(6-13)4-9(8)12/h4-5H,3H2,1-2H3. The predicted octanol–water partition coefficient (Wildman–Crippen LogP) is 2.51. The van der Waals surface area contributed by atoms with E-state index in [0.717, 1.165) is 0 Å². The topological polar surface area (TPSA) is 59.3 Å². The maximum atomic E-state index is 11.5. The van der Waals surface area contributed by atoms with E-state index < -0.39 is 5.97 Å². The molecular formula is C11H10BrNO3. The molecule has 0 heterocycles. The summed E-state index contributed by atoms with van der Waals surface area (Å²) < 4.78 is 10.4. The molecule has 0 bridgehead atoms. The lowest BCUT2D eigenvalue weighted by atomic mass is 10.1. The molecule has 0 saturated carbocycles. The van der Waals surface area contributed by atoms with Crippen molar-refractivity contribution >= 4 is 21.9 Å². The molecule has 0 atom stereocenters. The van der Waals surface area contributed by atoms with Gasteiger partial charge in [-0.15, -0.1) is 0 Å². The number of carbonyl (C=O) groups is 1. The third-order valence-electron chi connectivity index (χ3n) is 1.90. The molecule has 84 valence electrons. The van der Waals surface area contributed by atoms with E-state index in [1.54, 1.807) is 6.92 Å². The Balaban J connectivity index is 3.22. The predicted molar refractivity (Wildman–Crippen MR) is 61.4 cm³/mol. The molecule has 0 saturated heterocycles. The van der Waals surface area contributed by atoms with Crippen LogP contribution in [0.15, 0.2) is 16.6 Å². The first-order valence-corrected chi connectivity index (χ1v) is 5.38. The number of halogens is 1. The molecule has 0 N–H and O–H groups in total. The molecule has 4 nitrogen and oxygen atoms in total. The second-order valence-corrected chi connectivity index (χ2v) is 3.72. The number of ether oxygens (including phenoxy) is 2. The summed E-state index contributed by atoms with van der Waals surface area (Å²) >= 11 is 3.21. The van der Waals surface area contributed by atoms with Crippen LogP contribution in [0.3, 0.4) is 0 Å². The van der Waals surface area contributed by atoms with Gasteiger partial charge in [-0.1, -0.05) is 0 Å². The first-order valence-electron chi connectivity index (χ1n) is 4.58. The van der Waals surface area contributed by atoms with Crippen LogP contribution >= 0.6 is 15.9 Å². The van der Waals surface area contributed by atoms with E-state index in [1.807, 2.05) is 6.07 Å². The summed E-state index contributed by atoms with van der Waals surface area (Å²) in [6, 6.07) is 5.00. The first-order chi connectivity index (χ1) is 7.63. The average Bonchev–Trinajstić information content (AvgIpc) is 2.28. The highest BCUT2D eigenvalue weighted by Gasteiger charge is 2.15. The molecule has 0 aliphatic heterocycles. The first kappa shape index (κ1) is 12.5. The Kier molecular flexibility index (Phi) is 4.32. The maximum Gasteiger partial charge on any atom is 0.339 e. The van der Waals surface area contributed by atoms with Crippen LogP contribution in [0.5, 0.6) is 5.75 Å². The second kappa shape index (κ2) is 5.52. The Morgan fingerprint density at radius 1 is 1.56 bits per heavy atom. The van der Waals surface area contributed by atoms with Gasteiger partial charge in [-0.3, -0.25) is 0 Å². The van der Waals surface area contributed by atoms with Crippen LogP contribution in [-0.2, 0) is 4.74 Å². The van der Waals surface area contributed by atoms with Gasteiger partial charge < -0.3 is 9.47 Å². The van der Waals surface area contributed by atoms with E-state index in [9.17, 15) is 4.79 Å². The number of rotatable bonds is 3. The Hall–Kier alpha value is -1.54. The van der Waals surface area contributed by atoms with Gasteiger partial charge in [0.15, 0.2) is 0 Å². The minimum absolute atomic E-state index is 0.299. The summed E-state index contributed by atoms with van der Waals surface area (Å²) in [5.41, 5.74) is 0.708. The SMILES string of the molecule is CCOC(=O)c1cc(OC)c(C#N)cc1Br. The quantitative estimate of drug-likeness (QED) is 0.800. The molecule has 0 aliphatic rings. The molecule has 5 heteroatoms. The number of hydrogen-bond donors (Lipinski definition) is 0. The zero-order valence-corrected chi connectivity index (χ0v) is 10.5. The van der Waals surface area contributed by atoms with Crippen LogP contribution in [-0.4, -0.2) is 19.7 Å². The molecule has 0 radical (unpaired) electrons. The lowest BCUT2D eigenvalue weighted by Gasteiger charge is -2.08. The van der Waals surface area contributed by atoms with Gasteiger partial charge in [0.25, 0.3) is 0 Å². The maximum absolute atomic E-state index is 11.5. The zero-order chi connectivity index (χ0) is 12.1. The van der Waals surface area contributed by atoms with E-state index in [1.165, 1.54) is 19.2 Å². The molecule has 1 rings (SSSR count). The zero-order valence-electron chi connectivity index (χ0n) is 8.91. The number of nitriles is 1. The van der Waals surface area contributed by atoms with Gasteiger partial charge in [-0.2, -0.15) is 5.26 Å².